The van der Waals surface area contributed by atoms with Gasteiger partial charge in [-0.3, -0.25) is 0 Å². The van der Waals surface area contributed by atoms with Crippen LogP contribution < -0.4 is 5.32 Å². The van der Waals surface area contributed by atoms with Crippen molar-refractivity contribution in [3.05, 3.63) is 84.1 Å². The van der Waals surface area contributed by atoms with E-state index in [-0.39, 0.29) is 18.2 Å². The van der Waals surface area contributed by atoms with E-state index in [0.717, 1.165) is 25.8 Å². The first kappa shape index (κ1) is 25.0. The molecule has 3 atom stereocenters. The second kappa shape index (κ2) is 13.7. The van der Waals surface area contributed by atoms with Crippen LogP contribution in [-0.4, -0.2) is 17.3 Å². The normalized spacial score (nSPS) is 20.7. The summed E-state index contributed by atoms with van der Waals surface area (Å²) in [6.45, 7) is 0.834. The van der Waals surface area contributed by atoms with Crippen LogP contribution in [0.2, 0.25) is 0 Å². The Hall–Kier alpha value is -2.10. The highest BCUT2D eigenvalue weighted by Crippen LogP contribution is 2.35. The van der Waals surface area contributed by atoms with E-state index < -0.39 is 0 Å². The van der Waals surface area contributed by atoms with Gasteiger partial charge >= 0.3 is 0 Å². The van der Waals surface area contributed by atoms with Crippen LogP contribution in [0.5, 0.6) is 0 Å². The van der Waals surface area contributed by atoms with E-state index in [9.17, 15) is 5.11 Å². The molecule has 0 radical (unpaired) electrons. The topological polar surface area (TPSA) is 41.5 Å². The highest BCUT2D eigenvalue weighted by molar-refractivity contribution is 5.21. The first-order valence-electron chi connectivity index (χ1n) is 13.6. The Morgan fingerprint density at radius 3 is 2.03 bits per heavy atom. The van der Waals surface area contributed by atoms with Crippen molar-refractivity contribution in [2.24, 2.45) is 11.8 Å². The summed E-state index contributed by atoms with van der Waals surface area (Å²) in [5.41, 5.74) is 2.57. The van der Waals surface area contributed by atoms with Gasteiger partial charge in [-0.05, 0) is 61.1 Å². The number of rotatable bonds is 11. The summed E-state index contributed by atoms with van der Waals surface area (Å²) in [4.78, 5) is 0. The summed E-state index contributed by atoms with van der Waals surface area (Å²) < 4.78 is 6.39. The first-order valence-corrected chi connectivity index (χ1v) is 13.6. The molecule has 0 heterocycles. The number of hydrogen-bond acceptors (Lipinski definition) is 3. The number of hydrogen-bond donors (Lipinski definition) is 2. The maximum atomic E-state index is 11.3. The lowest BCUT2D eigenvalue weighted by Crippen LogP contribution is -2.41. The minimum Gasteiger partial charge on any atom is -0.495 e. The fraction of sp³-hybridized carbons (Fsp3) is 0.548. The van der Waals surface area contributed by atoms with E-state index in [1.165, 1.54) is 62.5 Å². The van der Waals surface area contributed by atoms with Crippen molar-refractivity contribution in [1.29, 1.82) is 0 Å². The third kappa shape index (κ3) is 7.45. The first-order chi connectivity index (χ1) is 16.8. The minimum absolute atomic E-state index is 0.0629. The SMILES string of the molecule is O[C@H](C1CCCCC1)[C@H](O/C=C/C[C@H](NCc1ccccc1)c1ccccc1)C1CCCCC1. The van der Waals surface area contributed by atoms with Gasteiger partial charge in [-0.25, -0.2) is 0 Å². The molecule has 34 heavy (non-hydrogen) atoms. The number of ether oxygens (including phenoxy) is 1. The quantitative estimate of drug-likeness (QED) is 0.344. The summed E-state index contributed by atoms with van der Waals surface area (Å²) >= 11 is 0. The molecule has 3 heteroatoms. The van der Waals surface area contributed by atoms with Crippen molar-refractivity contribution in [3.8, 4) is 0 Å². The predicted octanol–water partition coefficient (Wildman–Crippen LogP) is 7.33. The van der Waals surface area contributed by atoms with Crippen LogP contribution in [0.4, 0.5) is 0 Å². The van der Waals surface area contributed by atoms with E-state index in [1.807, 2.05) is 6.26 Å². The molecule has 0 bridgehead atoms. The van der Waals surface area contributed by atoms with Crippen molar-refractivity contribution >= 4 is 0 Å². The molecule has 0 saturated heterocycles. The van der Waals surface area contributed by atoms with Gasteiger partial charge in [0.1, 0.15) is 6.10 Å². The summed E-state index contributed by atoms with van der Waals surface area (Å²) in [6, 6.07) is 21.4. The van der Waals surface area contributed by atoms with E-state index in [1.54, 1.807) is 0 Å². The number of benzene rings is 2. The lowest BCUT2D eigenvalue weighted by atomic mass is 9.76. The summed E-state index contributed by atoms with van der Waals surface area (Å²) in [6.07, 6.45) is 16.9. The minimum atomic E-state index is -0.339. The lowest BCUT2D eigenvalue weighted by molar-refractivity contribution is -0.0690. The molecule has 0 amide bonds. The smallest absolute Gasteiger partial charge is 0.127 e. The van der Waals surface area contributed by atoms with Crippen molar-refractivity contribution in [1.82, 2.24) is 5.32 Å². The van der Waals surface area contributed by atoms with Crippen LogP contribution in [0, 0.1) is 11.8 Å². The largest absolute Gasteiger partial charge is 0.495 e. The standard InChI is InChI=1S/C31H43NO2/c33-30(27-18-9-3-10-19-27)31(28-20-11-4-12-21-28)34-23-13-22-29(26-16-7-2-8-17-26)32-24-25-14-5-1-6-15-25/h1-2,5-8,13-17,23,27-33H,3-4,9-12,18-22,24H2/b23-13+/t29-,30+,31+/m0/s1. The third-order valence-electron chi connectivity index (χ3n) is 7.88. The van der Waals surface area contributed by atoms with Crippen LogP contribution in [0.3, 0.4) is 0 Å². The summed E-state index contributed by atoms with van der Waals surface area (Å²) in [5, 5.41) is 15.0. The Morgan fingerprint density at radius 1 is 0.794 bits per heavy atom. The molecule has 4 rings (SSSR count). The highest BCUT2D eigenvalue weighted by atomic mass is 16.5. The Labute approximate surface area is 206 Å². The van der Waals surface area contributed by atoms with Gasteiger partial charge < -0.3 is 15.2 Å². The van der Waals surface area contributed by atoms with Crippen LogP contribution in [0.1, 0.15) is 87.8 Å². The van der Waals surface area contributed by atoms with E-state index in [0.29, 0.717) is 11.8 Å². The monoisotopic (exact) mass is 461 g/mol. The average Bonchev–Trinajstić information content (AvgIpc) is 2.92. The Bertz CT molecular complexity index is 825. The van der Waals surface area contributed by atoms with Crippen LogP contribution >= 0.6 is 0 Å². The Morgan fingerprint density at radius 2 is 1.38 bits per heavy atom. The van der Waals surface area contributed by atoms with Crippen LogP contribution in [-0.2, 0) is 11.3 Å². The zero-order valence-electron chi connectivity index (χ0n) is 20.7. The molecular formula is C31H43NO2. The molecule has 2 aliphatic rings. The predicted molar refractivity (Wildman–Crippen MR) is 140 cm³/mol. The van der Waals surface area contributed by atoms with Crippen LogP contribution in [0.25, 0.3) is 0 Å². The van der Waals surface area contributed by atoms with Gasteiger partial charge in [0.2, 0.25) is 0 Å². The lowest BCUT2D eigenvalue weighted by Gasteiger charge is -2.37. The maximum Gasteiger partial charge on any atom is 0.127 e. The second-order valence-electron chi connectivity index (χ2n) is 10.3. The van der Waals surface area contributed by atoms with E-state index >= 15 is 0 Å². The van der Waals surface area contributed by atoms with Gasteiger partial charge in [0, 0.05) is 12.6 Å². The molecule has 2 fully saturated rings. The second-order valence-corrected chi connectivity index (χ2v) is 10.3. The molecule has 0 aliphatic heterocycles. The fourth-order valence-electron chi connectivity index (χ4n) is 5.87. The molecule has 184 valence electrons. The zero-order valence-corrected chi connectivity index (χ0v) is 20.7. The third-order valence-corrected chi connectivity index (χ3v) is 7.88. The van der Waals surface area contributed by atoms with Crippen molar-refractivity contribution in [3.63, 3.8) is 0 Å². The summed E-state index contributed by atoms with van der Waals surface area (Å²) in [7, 11) is 0. The molecule has 2 aliphatic carbocycles. The fourth-order valence-corrected chi connectivity index (χ4v) is 5.87. The molecule has 0 aromatic heterocycles. The molecule has 2 N–H and O–H groups in total. The molecular weight excluding hydrogens is 418 g/mol. The van der Waals surface area contributed by atoms with Gasteiger partial charge in [0.25, 0.3) is 0 Å². The van der Waals surface area contributed by atoms with Gasteiger partial charge in [0.15, 0.2) is 0 Å². The maximum absolute atomic E-state index is 11.3. The molecule has 0 spiro atoms. The number of nitrogens with one attached hydrogen (secondary N) is 1. The molecule has 2 aromatic rings. The van der Waals surface area contributed by atoms with Gasteiger partial charge in [-0.1, -0.05) is 99.2 Å². The number of aliphatic hydroxyl groups is 1. The Kier molecular flexibility index (Phi) is 10.1. The molecule has 2 aromatic carbocycles. The molecule has 3 nitrogen and oxygen atoms in total. The molecule has 0 unspecified atom stereocenters. The number of aliphatic hydroxyl groups excluding tert-OH is 1. The van der Waals surface area contributed by atoms with Crippen molar-refractivity contribution in [2.45, 2.75) is 95.4 Å². The van der Waals surface area contributed by atoms with Gasteiger partial charge in [0.05, 0.1) is 12.4 Å². The van der Waals surface area contributed by atoms with Gasteiger partial charge in [-0.15, -0.1) is 0 Å². The molecule has 2 saturated carbocycles. The van der Waals surface area contributed by atoms with Gasteiger partial charge in [-0.2, -0.15) is 0 Å². The zero-order chi connectivity index (χ0) is 23.4. The van der Waals surface area contributed by atoms with Crippen molar-refractivity contribution in [2.75, 3.05) is 0 Å². The van der Waals surface area contributed by atoms with Crippen LogP contribution in [0.15, 0.2) is 73.0 Å². The summed E-state index contributed by atoms with van der Waals surface area (Å²) in [5.74, 6) is 0.884. The van der Waals surface area contributed by atoms with E-state index in [2.05, 4.69) is 72.1 Å². The highest BCUT2D eigenvalue weighted by Gasteiger charge is 2.35. The van der Waals surface area contributed by atoms with E-state index in [4.69, 9.17) is 4.74 Å². The van der Waals surface area contributed by atoms with Crippen molar-refractivity contribution < 1.29 is 9.84 Å². The Balaban J connectivity index is 1.38. The average molecular weight is 462 g/mol.